The third-order valence-corrected chi connectivity index (χ3v) is 6.56. The van der Waals surface area contributed by atoms with Crippen molar-refractivity contribution >= 4 is 0 Å². The van der Waals surface area contributed by atoms with E-state index in [0.29, 0.717) is 0 Å². The Kier molecular flexibility index (Phi) is 24.6. The minimum absolute atomic E-state index is 0.836. The van der Waals surface area contributed by atoms with Crippen LogP contribution in [-0.2, 0) is 0 Å². The Bertz CT molecular complexity index is 295. The quantitative estimate of drug-likeness (QED) is 0.228. The molecule has 0 saturated carbocycles. The third kappa shape index (κ3) is 16.7. The molecule has 1 rings (SSSR count). The Labute approximate surface area is 181 Å². The first-order valence-electron chi connectivity index (χ1n) is 13.2. The number of rotatable bonds is 12. The van der Waals surface area contributed by atoms with Gasteiger partial charge in [-0.05, 0) is 36.5 Å². The zero-order chi connectivity index (χ0) is 21.6. The van der Waals surface area contributed by atoms with Crippen molar-refractivity contribution in [3.63, 3.8) is 0 Å². The SMILES string of the molecule is CCCCC.CCCCCC1C=CC(CC)C(C)C1C.CCCCCCCC. The summed E-state index contributed by atoms with van der Waals surface area (Å²) in [5.41, 5.74) is 0. The first kappa shape index (κ1) is 29.9. The van der Waals surface area contributed by atoms with E-state index >= 15 is 0 Å². The van der Waals surface area contributed by atoms with Crippen LogP contribution in [0.4, 0.5) is 0 Å². The van der Waals surface area contributed by atoms with E-state index in [1.54, 1.807) is 0 Å². The molecule has 0 bridgehead atoms. The highest BCUT2D eigenvalue weighted by atomic mass is 14.3. The lowest BCUT2D eigenvalue weighted by molar-refractivity contribution is 0.213. The standard InChI is InChI=1S/C15H28.C8H18.C5H12/c1-5-7-8-9-15-11-10-14(6-2)12(3)13(15)4;1-3-5-7-8-6-4-2;1-3-5-4-2/h10-15H,5-9H2,1-4H3;3-8H2,1-2H3;3-5H2,1-2H3. The molecule has 0 radical (unpaired) electrons. The van der Waals surface area contributed by atoms with E-state index in [1.165, 1.54) is 89.9 Å². The number of hydrogen-bond donors (Lipinski definition) is 0. The van der Waals surface area contributed by atoms with Crippen molar-refractivity contribution in [1.29, 1.82) is 0 Å². The van der Waals surface area contributed by atoms with Crippen LogP contribution in [0.25, 0.3) is 0 Å². The summed E-state index contributed by atoms with van der Waals surface area (Å²) < 4.78 is 0. The van der Waals surface area contributed by atoms with Gasteiger partial charge in [0.05, 0.1) is 0 Å². The first-order chi connectivity index (χ1) is 13.5. The molecule has 28 heavy (non-hydrogen) atoms. The molecule has 4 unspecified atom stereocenters. The predicted octanol–water partition coefficient (Wildman–Crippen LogP) is 10.6. The second-order valence-electron chi connectivity index (χ2n) is 9.10. The van der Waals surface area contributed by atoms with E-state index in [9.17, 15) is 0 Å². The summed E-state index contributed by atoms with van der Waals surface area (Å²) in [6.45, 7) is 18.4. The molecular formula is C28H58. The van der Waals surface area contributed by atoms with Crippen LogP contribution >= 0.6 is 0 Å². The van der Waals surface area contributed by atoms with Crippen molar-refractivity contribution < 1.29 is 0 Å². The van der Waals surface area contributed by atoms with E-state index < -0.39 is 0 Å². The fourth-order valence-electron chi connectivity index (χ4n) is 4.12. The van der Waals surface area contributed by atoms with Crippen LogP contribution in [0.3, 0.4) is 0 Å². The average Bonchev–Trinajstić information content (AvgIpc) is 2.70. The fourth-order valence-corrected chi connectivity index (χ4v) is 4.12. The average molecular weight is 395 g/mol. The minimum Gasteiger partial charge on any atom is -0.0849 e. The second-order valence-corrected chi connectivity index (χ2v) is 9.10. The van der Waals surface area contributed by atoms with Crippen molar-refractivity contribution in [2.45, 2.75) is 145 Å². The van der Waals surface area contributed by atoms with Crippen LogP contribution in [0.1, 0.15) is 145 Å². The van der Waals surface area contributed by atoms with Gasteiger partial charge in [-0.2, -0.15) is 0 Å². The van der Waals surface area contributed by atoms with Crippen molar-refractivity contribution in [3.05, 3.63) is 12.2 Å². The summed E-state index contributed by atoms with van der Waals surface area (Å²) in [6, 6.07) is 0. The van der Waals surface area contributed by atoms with Gasteiger partial charge in [-0.15, -0.1) is 0 Å². The van der Waals surface area contributed by atoms with Gasteiger partial charge in [0.1, 0.15) is 0 Å². The summed E-state index contributed by atoms with van der Waals surface area (Å²) >= 11 is 0. The van der Waals surface area contributed by atoms with Gasteiger partial charge in [0, 0.05) is 0 Å². The smallest absolute Gasteiger partial charge is 0.0205 e. The highest BCUT2D eigenvalue weighted by molar-refractivity contribution is 5.02. The molecule has 0 saturated heterocycles. The van der Waals surface area contributed by atoms with Gasteiger partial charge in [0.25, 0.3) is 0 Å². The summed E-state index contributed by atoms with van der Waals surface area (Å²) in [7, 11) is 0. The van der Waals surface area contributed by atoms with Crippen molar-refractivity contribution in [1.82, 2.24) is 0 Å². The maximum Gasteiger partial charge on any atom is -0.0205 e. The van der Waals surface area contributed by atoms with Gasteiger partial charge in [0.15, 0.2) is 0 Å². The molecular weight excluding hydrogens is 336 g/mol. The van der Waals surface area contributed by atoms with Gasteiger partial charge in [-0.1, -0.05) is 145 Å². The lowest BCUT2D eigenvalue weighted by Crippen LogP contribution is -2.27. The molecule has 0 nitrogen and oxygen atoms in total. The van der Waals surface area contributed by atoms with Gasteiger partial charge in [0.2, 0.25) is 0 Å². The third-order valence-electron chi connectivity index (χ3n) is 6.56. The van der Waals surface area contributed by atoms with E-state index in [0.717, 1.165) is 23.7 Å². The number of unbranched alkanes of at least 4 members (excludes halogenated alkanes) is 9. The van der Waals surface area contributed by atoms with Crippen LogP contribution in [0.2, 0.25) is 0 Å². The first-order valence-corrected chi connectivity index (χ1v) is 13.2. The molecule has 0 aromatic heterocycles. The maximum atomic E-state index is 2.51. The molecule has 0 N–H and O–H groups in total. The van der Waals surface area contributed by atoms with Gasteiger partial charge in [-0.3, -0.25) is 0 Å². The molecule has 0 aromatic carbocycles. The summed E-state index contributed by atoms with van der Waals surface area (Å²) in [4.78, 5) is 0. The molecule has 0 spiro atoms. The Balaban J connectivity index is 0. The molecule has 4 atom stereocenters. The van der Waals surface area contributed by atoms with Crippen LogP contribution in [0.5, 0.6) is 0 Å². The van der Waals surface area contributed by atoms with Crippen LogP contribution in [0, 0.1) is 23.7 Å². The maximum absolute atomic E-state index is 2.51. The summed E-state index contributed by atoms with van der Waals surface area (Å²) in [5.74, 6) is 3.46. The molecule has 1 aliphatic rings. The molecule has 0 heteroatoms. The summed E-state index contributed by atoms with van der Waals surface area (Å²) in [5, 5.41) is 0. The van der Waals surface area contributed by atoms with Gasteiger partial charge >= 0.3 is 0 Å². The van der Waals surface area contributed by atoms with E-state index in [4.69, 9.17) is 0 Å². The lowest BCUT2D eigenvalue weighted by atomic mass is 9.70. The van der Waals surface area contributed by atoms with Crippen molar-refractivity contribution in [2.24, 2.45) is 23.7 Å². The largest absolute Gasteiger partial charge is 0.0849 e. The van der Waals surface area contributed by atoms with Crippen LogP contribution in [0.15, 0.2) is 12.2 Å². The van der Waals surface area contributed by atoms with E-state index in [2.05, 4.69) is 67.5 Å². The Morgan fingerprint density at radius 2 is 0.857 bits per heavy atom. The zero-order valence-corrected chi connectivity index (χ0v) is 21.4. The molecule has 0 fully saturated rings. The van der Waals surface area contributed by atoms with Gasteiger partial charge < -0.3 is 0 Å². The van der Waals surface area contributed by atoms with Crippen molar-refractivity contribution in [2.75, 3.05) is 0 Å². The summed E-state index contributed by atoms with van der Waals surface area (Å²) in [6.07, 6.45) is 24.4. The lowest BCUT2D eigenvalue weighted by Gasteiger charge is -2.35. The zero-order valence-electron chi connectivity index (χ0n) is 21.4. The predicted molar refractivity (Wildman–Crippen MR) is 133 cm³/mol. The molecule has 0 aromatic rings. The molecule has 0 heterocycles. The molecule has 0 amide bonds. The Morgan fingerprint density at radius 3 is 1.25 bits per heavy atom. The molecule has 0 aliphatic heterocycles. The number of allylic oxidation sites excluding steroid dienone is 2. The Hall–Kier alpha value is -0.260. The molecule has 1 aliphatic carbocycles. The topological polar surface area (TPSA) is 0 Å². The fraction of sp³-hybridized carbons (Fsp3) is 0.929. The monoisotopic (exact) mass is 394 g/mol. The molecule has 170 valence electrons. The van der Waals surface area contributed by atoms with Gasteiger partial charge in [-0.25, -0.2) is 0 Å². The minimum atomic E-state index is 0.836. The second kappa shape index (κ2) is 23.0. The number of hydrogen-bond acceptors (Lipinski definition) is 0. The normalized spacial score (nSPS) is 23.4. The highest BCUT2D eigenvalue weighted by Crippen LogP contribution is 2.37. The Morgan fingerprint density at radius 1 is 0.464 bits per heavy atom. The van der Waals surface area contributed by atoms with Crippen LogP contribution < -0.4 is 0 Å². The van der Waals surface area contributed by atoms with E-state index in [1.807, 2.05) is 0 Å². The highest BCUT2D eigenvalue weighted by Gasteiger charge is 2.28. The van der Waals surface area contributed by atoms with Crippen molar-refractivity contribution in [3.8, 4) is 0 Å². The van der Waals surface area contributed by atoms with E-state index in [-0.39, 0.29) is 0 Å². The van der Waals surface area contributed by atoms with Crippen LogP contribution in [-0.4, -0.2) is 0 Å².